The number of nitrogens with zero attached hydrogens (tertiary/aromatic N) is 3. The Labute approximate surface area is 197 Å². The van der Waals surface area contributed by atoms with Gasteiger partial charge in [0.1, 0.15) is 5.54 Å². The number of aryl methyl sites for hydroxylation is 1. The first-order valence-electron chi connectivity index (χ1n) is 11.9. The van der Waals surface area contributed by atoms with Crippen molar-refractivity contribution in [3.63, 3.8) is 0 Å². The molecule has 0 spiro atoms. The van der Waals surface area contributed by atoms with Crippen molar-refractivity contribution in [2.24, 2.45) is 5.92 Å². The minimum absolute atomic E-state index is 0.0256. The van der Waals surface area contributed by atoms with E-state index >= 15 is 0 Å². The molecule has 180 valence electrons. The Hall–Kier alpha value is -2.67. The van der Waals surface area contributed by atoms with Crippen LogP contribution in [0.1, 0.15) is 44.2 Å². The van der Waals surface area contributed by atoms with Gasteiger partial charge in [-0.2, -0.15) is 0 Å². The molecule has 7 nitrogen and oxygen atoms in total. The van der Waals surface area contributed by atoms with Crippen LogP contribution in [0.4, 0.5) is 4.79 Å². The van der Waals surface area contributed by atoms with Gasteiger partial charge in [-0.05, 0) is 77.7 Å². The molecule has 2 aliphatic heterocycles. The molecule has 2 heterocycles. The molecule has 0 aliphatic carbocycles. The summed E-state index contributed by atoms with van der Waals surface area (Å²) in [5.41, 5.74) is 1.96. The number of amides is 4. The fraction of sp³-hybridized carbons (Fsp3) is 0.577. The Morgan fingerprint density at radius 2 is 1.88 bits per heavy atom. The first-order valence-corrected chi connectivity index (χ1v) is 11.9. The quantitative estimate of drug-likeness (QED) is 0.484. The Morgan fingerprint density at radius 3 is 2.48 bits per heavy atom. The van der Waals surface area contributed by atoms with Crippen molar-refractivity contribution in [3.05, 3.63) is 47.0 Å². The van der Waals surface area contributed by atoms with Crippen LogP contribution in [0.2, 0.25) is 0 Å². The van der Waals surface area contributed by atoms with Gasteiger partial charge in [-0.15, -0.1) is 0 Å². The Kier molecular flexibility index (Phi) is 7.95. The fourth-order valence-corrected chi connectivity index (χ4v) is 4.99. The minimum atomic E-state index is -0.966. The maximum atomic E-state index is 13.8. The van der Waals surface area contributed by atoms with Gasteiger partial charge < -0.3 is 15.1 Å². The second-order valence-electron chi connectivity index (χ2n) is 9.66. The third-order valence-corrected chi connectivity index (χ3v) is 7.17. The van der Waals surface area contributed by atoms with E-state index in [1.165, 1.54) is 4.90 Å². The lowest BCUT2D eigenvalue weighted by molar-refractivity contribution is -0.135. The summed E-state index contributed by atoms with van der Waals surface area (Å²) < 4.78 is 0. The molecule has 33 heavy (non-hydrogen) atoms. The van der Waals surface area contributed by atoms with E-state index in [4.69, 9.17) is 0 Å². The number of benzene rings is 1. The lowest BCUT2D eigenvalue weighted by Crippen LogP contribution is -2.58. The predicted molar refractivity (Wildman–Crippen MR) is 130 cm³/mol. The summed E-state index contributed by atoms with van der Waals surface area (Å²) in [6.07, 6.45) is 4.42. The molecule has 0 saturated carbocycles. The number of likely N-dealkylation sites (tertiary alicyclic amines) is 1. The molecule has 1 N–H and O–H groups in total. The highest BCUT2D eigenvalue weighted by Crippen LogP contribution is 2.37. The number of piperidine rings is 1. The van der Waals surface area contributed by atoms with E-state index in [1.54, 1.807) is 0 Å². The summed E-state index contributed by atoms with van der Waals surface area (Å²) in [4.78, 5) is 44.8. The Bertz CT molecular complexity index is 918. The summed E-state index contributed by atoms with van der Waals surface area (Å²) in [5, 5.41) is 3.14. The largest absolute Gasteiger partial charge is 0.339 e. The van der Waals surface area contributed by atoms with E-state index in [2.05, 4.69) is 10.2 Å². The number of imide groups is 1. The first kappa shape index (κ1) is 25.0. The summed E-state index contributed by atoms with van der Waals surface area (Å²) >= 11 is 0. The van der Waals surface area contributed by atoms with Crippen LogP contribution in [0.3, 0.4) is 0 Å². The van der Waals surface area contributed by atoms with E-state index < -0.39 is 5.54 Å². The highest BCUT2D eigenvalue weighted by Gasteiger charge is 2.55. The van der Waals surface area contributed by atoms with E-state index in [0.29, 0.717) is 38.9 Å². The topological polar surface area (TPSA) is 73.0 Å². The highest BCUT2D eigenvalue weighted by atomic mass is 16.2. The average molecular weight is 455 g/mol. The van der Waals surface area contributed by atoms with Crippen LogP contribution >= 0.6 is 0 Å². The van der Waals surface area contributed by atoms with Gasteiger partial charge in [0.25, 0.3) is 5.91 Å². The van der Waals surface area contributed by atoms with E-state index in [0.717, 1.165) is 29.7 Å². The smallest absolute Gasteiger partial charge is 0.325 e. The molecule has 0 bridgehead atoms. The average Bonchev–Trinajstić information content (AvgIpc) is 3.04. The molecule has 1 aromatic carbocycles. The van der Waals surface area contributed by atoms with Gasteiger partial charge in [-0.3, -0.25) is 14.5 Å². The number of hydrogen-bond donors (Lipinski definition) is 1. The molecule has 2 saturated heterocycles. The minimum Gasteiger partial charge on any atom is -0.339 e. The van der Waals surface area contributed by atoms with Crippen molar-refractivity contribution in [2.45, 2.75) is 52.0 Å². The maximum absolute atomic E-state index is 13.8. The molecule has 0 radical (unpaired) electrons. The summed E-state index contributed by atoms with van der Waals surface area (Å²) in [7, 11) is 3.97. The molecule has 2 fully saturated rings. The number of nitrogens with one attached hydrogen (secondary N) is 1. The second-order valence-corrected chi connectivity index (χ2v) is 9.66. The summed E-state index contributed by atoms with van der Waals surface area (Å²) in [5.74, 6) is -0.0951. The van der Waals surface area contributed by atoms with Crippen molar-refractivity contribution in [1.82, 2.24) is 20.0 Å². The fourth-order valence-electron chi connectivity index (χ4n) is 4.99. The lowest BCUT2D eigenvalue weighted by atomic mass is 9.73. The van der Waals surface area contributed by atoms with Gasteiger partial charge in [0.05, 0.1) is 0 Å². The molecule has 4 amide bonds. The van der Waals surface area contributed by atoms with Gasteiger partial charge >= 0.3 is 6.03 Å². The number of hydrogen-bond acceptors (Lipinski definition) is 4. The maximum Gasteiger partial charge on any atom is 0.325 e. The lowest BCUT2D eigenvalue weighted by Gasteiger charge is -2.41. The van der Waals surface area contributed by atoms with Crippen molar-refractivity contribution in [1.29, 1.82) is 0 Å². The highest BCUT2D eigenvalue weighted by molar-refractivity contribution is 6.07. The standard InChI is InChI=1S/C26H38N4O3/c1-6-19(2)23(31)29-16-12-22(13-17-29)26(18-21-11-8-7-10-20(21)3)24(32)30(25(33)27-26)15-9-14-28(4)5/h6-8,10-11,22H,9,12-18H2,1-5H3,(H,27,33)/b19-6+/t26-/m0/s1. The van der Waals surface area contributed by atoms with Crippen LogP contribution in [0, 0.1) is 12.8 Å². The second kappa shape index (κ2) is 10.5. The molecule has 0 aromatic heterocycles. The summed E-state index contributed by atoms with van der Waals surface area (Å²) in [6, 6.07) is 7.75. The van der Waals surface area contributed by atoms with E-state index in [1.807, 2.05) is 70.1 Å². The molecule has 0 unspecified atom stereocenters. The normalized spacial score (nSPS) is 22.3. The van der Waals surface area contributed by atoms with E-state index in [9.17, 15) is 14.4 Å². The van der Waals surface area contributed by atoms with Gasteiger partial charge in [0.2, 0.25) is 5.91 Å². The van der Waals surface area contributed by atoms with Crippen LogP contribution in [0.15, 0.2) is 35.9 Å². The van der Waals surface area contributed by atoms with Crippen molar-refractivity contribution in [3.8, 4) is 0 Å². The van der Waals surface area contributed by atoms with Gasteiger partial charge in [0, 0.05) is 31.6 Å². The Morgan fingerprint density at radius 1 is 1.21 bits per heavy atom. The molecular formula is C26H38N4O3. The van der Waals surface area contributed by atoms with Crippen LogP contribution < -0.4 is 5.32 Å². The zero-order valence-electron chi connectivity index (χ0n) is 20.7. The summed E-state index contributed by atoms with van der Waals surface area (Å²) in [6.45, 7) is 8.15. The third kappa shape index (κ3) is 5.29. The molecule has 1 aromatic rings. The molecule has 7 heteroatoms. The number of carbonyl (C=O) groups is 3. The van der Waals surface area contributed by atoms with E-state index in [-0.39, 0.29) is 23.8 Å². The molecule has 3 rings (SSSR count). The number of allylic oxidation sites excluding steroid dienone is 1. The van der Waals surface area contributed by atoms with Crippen molar-refractivity contribution < 1.29 is 14.4 Å². The van der Waals surface area contributed by atoms with Gasteiger partial charge in [-0.1, -0.05) is 30.3 Å². The van der Waals surface area contributed by atoms with Crippen molar-refractivity contribution >= 4 is 17.8 Å². The third-order valence-electron chi connectivity index (χ3n) is 7.17. The van der Waals surface area contributed by atoms with Crippen LogP contribution in [-0.4, -0.2) is 78.4 Å². The number of rotatable bonds is 8. The number of carbonyl (C=O) groups excluding carboxylic acids is 3. The Balaban J connectivity index is 1.85. The SMILES string of the molecule is C/C=C(\C)C(=O)N1CCC([C@]2(Cc3ccccc3C)NC(=O)N(CCCN(C)C)C2=O)CC1. The molecule has 2 aliphatic rings. The molecule has 1 atom stereocenters. The van der Waals surface area contributed by atoms with Crippen LogP contribution in [-0.2, 0) is 16.0 Å². The number of urea groups is 1. The van der Waals surface area contributed by atoms with Crippen LogP contribution in [0.25, 0.3) is 0 Å². The van der Waals surface area contributed by atoms with Crippen LogP contribution in [0.5, 0.6) is 0 Å². The zero-order valence-corrected chi connectivity index (χ0v) is 20.7. The zero-order chi connectivity index (χ0) is 24.2. The van der Waals surface area contributed by atoms with Crippen molar-refractivity contribution in [2.75, 3.05) is 40.3 Å². The van der Waals surface area contributed by atoms with Gasteiger partial charge in [0.15, 0.2) is 0 Å². The molecular weight excluding hydrogens is 416 g/mol. The monoisotopic (exact) mass is 454 g/mol. The van der Waals surface area contributed by atoms with Gasteiger partial charge in [-0.25, -0.2) is 4.79 Å². The first-order chi connectivity index (χ1) is 15.7. The predicted octanol–water partition coefficient (Wildman–Crippen LogP) is 2.98.